The Morgan fingerprint density at radius 3 is 3.09 bits per heavy atom. The summed E-state index contributed by atoms with van der Waals surface area (Å²) >= 11 is 0. The summed E-state index contributed by atoms with van der Waals surface area (Å²) in [4.78, 5) is 6.70. The zero-order valence-electron chi connectivity index (χ0n) is 13.0. The van der Waals surface area contributed by atoms with Gasteiger partial charge in [0.25, 0.3) is 6.01 Å². The zero-order valence-corrected chi connectivity index (χ0v) is 13.0. The fourth-order valence-corrected chi connectivity index (χ4v) is 2.61. The lowest BCUT2D eigenvalue weighted by atomic mass is 10.2. The van der Waals surface area contributed by atoms with Gasteiger partial charge in [0.2, 0.25) is 0 Å². The van der Waals surface area contributed by atoms with Gasteiger partial charge >= 0.3 is 0 Å². The summed E-state index contributed by atoms with van der Waals surface area (Å²) in [5.41, 5.74) is 2.15. The van der Waals surface area contributed by atoms with Gasteiger partial charge in [-0.1, -0.05) is 13.8 Å². The molecule has 2 aromatic rings. The molecular weight excluding hydrogens is 283 g/mol. The molecule has 1 aliphatic heterocycles. The Morgan fingerprint density at radius 1 is 1.55 bits per heavy atom. The van der Waals surface area contributed by atoms with Crippen molar-refractivity contribution in [3.8, 4) is 5.75 Å². The average molecular weight is 304 g/mol. The minimum atomic E-state index is 0.253. The van der Waals surface area contributed by atoms with Gasteiger partial charge in [-0.2, -0.15) is 4.98 Å². The number of nitrogens with zero attached hydrogens (tertiary/aromatic N) is 2. The third-order valence-corrected chi connectivity index (χ3v) is 4.08. The number of aromatic nitrogens is 1. The monoisotopic (exact) mass is 304 g/mol. The maximum atomic E-state index is 12.5. The first-order valence-corrected chi connectivity index (χ1v) is 7.76. The molecule has 0 N–H and O–H groups in total. The van der Waals surface area contributed by atoms with Crippen molar-refractivity contribution in [1.82, 2.24) is 4.98 Å². The molecule has 118 valence electrons. The van der Waals surface area contributed by atoms with Crippen molar-refractivity contribution in [2.24, 2.45) is 5.92 Å². The van der Waals surface area contributed by atoms with E-state index in [2.05, 4.69) is 16.8 Å². The summed E-state index contributed by atoms with van der Waals surface area (Å²) in [5.74, 6) is 1.34. The molecule has 0 bridgehead atoms. The van der Waals surface area contributed by atoms with E-state index in [1.165, 1.54) is 6.42 Å². The van der Waals surface area contributed by atoms with Crippen molar-refractivity contribution < 1.29 is 13.5 Å². The summed E-state index contributed by atoms with van der Waals surface area (Å²) in [5, 5.41) is 0. The molecule has 22 heavy (non-hydrogen) atoms. The predicted molar refractivity (Wildman–Crippen MR) is 85.0 cm³/mol. The summed E-state index contributed by atoms with van der Waals surface area (Å²) < 4.78 is 24.0. The lowest BCUT2D eigenvalue weighted by Gasteiger charge is -2.11. The van der Waals surface area contributed by atoms with E-state index >= 15 is 0 Å². The van der Waals surface area contributed by atoms with Crippen LogP contribution in [-0.2, 0) is 0 Å². The highest BCUT2D eigenvalue weighted by atomic mass is 19.1. The first kappa shape index (κ1) is 14.9. The minimum Gasteiger partial charge on any atom is -0.489 e. The summed E-state index contributed by atoms with van der Waals surface area (Å²) in [6, 6.07) is 6.21. The van der Waals surface area contributed by atoms with Gasteiger partial charge in [-0.05, 0) is 36.5 Å². The van der Waals surface area contributed by atoms with E-state index in [1.54, 1.807) is 0 Å². The Morgan fingerprint density at radius 2 is 2.41 bits per heavy atom. The fourth-order valence-electron chi connectivity index (χ4n) is 2.61. The lowest BCUT2D eigenvalue weighted by Crippen LogP contribution is -2.19. The second kappa shape index (κ2) is 6.38. The maximum absolute atomic E-state index is 12.5. The fraction of sp³-hybridized carbons (Fsp3) is 0.471. The number of anilines is 1. The van der Waals surface area contributed by atoms with Crippen LogP contribution in [0.25, 0.3) is 11.1 Å². The van der Waals surface area contributed by atoms with Crippen LogP contribution in [0.2, 0.25) is 0 Å². The number of hydrogen-bond acceptors (Lipinski definition) is 4. The highest BCUT2D eigenvalue weighted by Crippen LogP contribution is 2.29. The topological polar surface area (TPSA) is 38.5 Å². The lowest BCUT2D eigenvalue weighted by molar-refractivity contribution is 0.345. The summed E-state index contributed by atoms with van der Waals surface area (Å²) in [6.45, 7) is 6.36. The molecule has 1 saturated heterocycles. The number of ether oxygens (including phenoxy) is 1. The van der Waals surface area contributed by atoms with E-state index in [4.69, 9.17) is 9.15 Å². The van der Waals surface area contributed by atoms with Crippen LogP contribution in [0, 0.1) is 5.92 Å². The first-order valence-electron chi connectivity index (χ1n) is 7.76. The van der Waals surface area contributed by atoms with Crippen molar-refractivity contribution in [3.05, 3.63) is 30.1 Å². The Labute approximate surface area is 129 Å². The van der Waals surface area contributed by atoms with Gasteiger partial charge in [0.15, 0.2) is 5.58 Å². The quantitative estimate of drug-likeness (QED) is 0.824. The van der Waals surface area contributed by atoms with Crippen LogP contribution in [0.4, 0.5) is 10.4 Å². The molecular formula is C17H21FN2O2. The number of halogens is 1. The van der Waals surface area contributed by atoms with Gasteiger partial charge in [-0.25, -0.2) is 4.39 Å². The molecule has 0 radical (unpaired) electrons. The third-order valence-electron chi connectivity index (χ3n) is 4.08. The minimum absolute atomic E-state index is 0.253. The van der Waals surface area contributed by atoms with E-state index in [9.17, 15) is 4.39 Å². The molecule has 1 aromatic carbocycles. The molecule has 1 atom stereocenters. The van der Waals surface area contributed by atoms with Crippen LogP contribution in [0.15, 0.2) is 34.5 Å². The molecule has 1 aromatic heterocycles. The predicted octanol–water partition coefficient (Wildman–Crippen LogP) is 4.32. The van der Waals surface area contributed by atoms with Crippen molar-refractivity contribution in [1.29, 1.82) is 0 Å². The molecule has 3 rings (SSSR count). The summed E-state index contributed by atoms with van der Waals surface area (Å²) in [6.07, 6.45) is 2.42. The van der Waals surface area contributed by atoms with Crippen molar-refractivity contribution in [2.75, 3.05) is 24.6 Å². The molecule has 1 aliphatic rings. The van der Waals surface area contributed by atoms with E-state index < -0.39 is 0 Å². The van der Waals surface area contributed by atoms with E-state index in [0.29, 0.717) is 41.6 Å². The SMILES string of the molecule is CC/C(=C/F)COc1ccc2nc(N3CCC(C)C3)oc2c1. The van der Waals surface area contributed by atoms with Crippen LogP contribution in [0.1, 0.15) is 26.7 Å². The highest BCUT2D eigenvalue weighted by molar-refractivity contribution is 5.76. The van der Waals surface area contributed by atoms with Crippen LogP contribution in [0.5, 0.6) is 5.75 Å². The number of hydrogen-bond donors (Lipinski definition) is 0. The van der Waals surface area contributed by atoms with E-state index in [1.807, 2.05) is 25.1 Å². The zero-order chi connectivity index (χ0) is 15.5. The number of fused-ring (bicyclic) bond motifs is 1. The van der Waals surface area contributed by atoms with Crippen molar-refractivity contribution in [2.45, 2.75) is 26.7 Å². The molecule has 0 amide bonds. The normalized spacial score (nSPS) is 19.1. The van der Waals surface area contributed by atoms with E-state index in [-0.39, 0.29) is 6.61 Å². The summed E-state index contributed by atoms with van der Waals surface area (Å²) in [7, 11) is 0. The Kier molecular flexibility index (Phi) is 4.32. The maximum Gasteiger partial charge on any atom is 0.298 e. The molecule has 2 heterocycles. The largest absolute Gasteiger partial charge is 0.489 e. The van der Waals surface area contributed by atoms with Crippen LogP contribution >= 0.6 is 0 Å². The molecule has 1 unspecified atom stereocenters. The molecule has 1 fully saturated rings. The van der Waals surface area contributed by atoms with Crippen molar-refractivity contribution >= 4 is 17.1 Å². The van der Waals surface area contributed by atoms with Crippen LogP contribution in [-0.4, -0.2) is 24.7 Å². The number of oxazole rings is 1. The van der Waals surface area contributed by atoms with Gasteiger partial charge in [-0.15, -0.1) is 0 Å². The van der Waals surface area contributed by atoms with Gasteiger partial charge < -0.3 is 14.1 Å². The van der Waals surface area contributed by atoms with Gasteiger partial charge in [-0.3, -0.25) is 0 Å². The molecule has 4 nitrogen and oxygen atoms in total. The standard InChI is InChI=1S/C17H21FN2O2/c1-3-13(9-18)11-21-14-4-5-15-16(8-14)22-17(19-15)20-7-6-12(2)10-20/h4-5,8-9,12H,3,6-7,10-11H2,1-2H3/b13-9-. The van der Waals surface area contributed by atoms with Gasteiger partial charge in [0, 0.05) is 19.2 Å². The molecule has 0 saturated carbocycles. The second-order valence-electron chi connectivity index (χ2n) is 5.88. The van der Waals surface area contributed by atoms with Crippen LogP contribution < -0.4 is 9.64 Å². The highest BCUT2D eigenvalue weighted by Gasteiger charge is 2.23. The van der Waals surface area contributed by atoms with Gasteiger partial charge in [0.1, 0.15) is 17.9 Å². The molecule has 5 heteroatoms. The third kappa shape index (κ3) is 3.08. The molecule has 0 aliphatic carbocycles. The Balaban J connectivity index is 1.75. The Hall–Kier alpha value is -2.04. The average Bonchev–Trinajstić information content (AvgIpc) is 3.13. The number of benzene rings is 1. The smallest absolute Gasteiger partial charge is 0.298 e. The Bertz CT molecular complexity index is 680. The number of rotatable bonds is 5. The van der Waals surface area contributed by atoms with Crippen molar-refractivity contribution in [3.63, 3.8) is 0 Å². The molecule has 0 spiro atoms. The van der Waals surface area contributed by atoms with Gasteiger partial charge in [0.05, 0.1) is 6.33 Å². The second-order valence-corrected chi connectivity index (χ2v) is 5.88. The van der Waals surface area contributed by atoms with E-state index in [0.717, 1.165) is 18.6 Å². The first-order chi connectivity index (χ1) is 10.7. The van der Waals surface area contributed by atoms with Crippen LogP contribution in [0.3, 0.4) is 0 Å².